The van der Waals surface area contributed by atoms with Crippen molar-refractivity contribution in [3.8, 4) is 5.88 Å². The molecular formula is C25H29F4N3O4S. The normalized spacial score (nSPS) is 17.2. The summed E-state index contributed by atoms with van der Waals surface area (Å²) in [5.74, 6) is -1.88. The fourth-order valence-electron chi connectivity index (χ4n) is 3.82. The molecule has 7 nitrogen and oxygen atoms in total. The molecule has 1 amide bonds. The van der Waals surface area contributed by atoms with Crippen molar-refractivity contribution in [2.24, 2.45) is 5.92 Å². The lowest BCUT2D eigenvalue weighted by atomic mass is 9.88. The summed E-state index contributed by atoms with van der Waals surface area (Å²) in [6, 6.07) is 5.68. The van der Waals surface area contributed by atoms with Gasteiger partial charge in [-0.05, 0) is 73.9 Å². The van der Waals surface area contributed by atoms with Crippen LogP contribution in [0.15, 0.2) is 42.2 Å². The van der Waals surface area contributed by atoms with Gasteiger partial charge in [0.2, 0.25) is 21.8 Å². The van der Waals surface area contributed by atoms with Crippen LogP contribution in [-0.2, 0) is 27.5 Å². The molecule has 12 heteroatoms. The zero-order valence-corrected chi connectivity index (χ0v) is 21.5. The first-order valence-electron chi connectivity index (χ1n) is 11.7. The quantitative estimate of drug-likeness (QED) is 0.338. The van der Waals surface area contributed by atoms with E-state index in [0.29, 0.717) is 5.92 Å². The molecule has 1 fully saturated rings. The van der Waals surface area contributed by atoms with E-state index >= 15 is 0 Å². The molecule has 202 valence electrons. The van der Waals surface area contributed by atoms with E-state index in [1.807, 2.05) is 4.72 Å². The second kappa shape index (κ2) is 11.5. The van der Waals surface area contributed by atoms with Gasteiger partial charge in [-0.1, -0.05) is 13.0 Å². The standard InChI is InChI=1S/C25H29F4N3O4S/c1-15-4-6-17(7-5-15)14-36-24-19(9-11-22(31-24)25(27,28)29)13-30-23(33)16(2)18-8-10-21(20(26)12-18)32-37(3,34)35/h8-12,14-16,32H,4-7,13H2,1-3H3,(H,30,33). The topological polar surface area (TPSA) is 97.4 Å². The fourth-order valence-corrected chi connectivity index (χ4v) is 4.39. The molecule has 0 radical (unpaired) electrons. The van der Waals surface area contributed by atoms with Gasteiger partial charge < -0.3 is 10.1 Å². The molecule has 1 heterocycles. The van der Waals surface area contributed by atoms with Crippen molar-refractivity contribution in [1.29, 1.82) is 0 Å². The van der Waals surface area contributed by atoms with Gasteiger partial charge in [-0.3, -0.25) is 9.52 Å². The first kappa shape index (κ1) is 28.4. The Kier molecular flexibility index (Phi) is 8.83. The summed E-state index contributed by atoms with van der Waals surface area (Å²) in [6.07, 6.45) is 1.19. The Bertz CT molecular complexity index is 1270. The van der Waals surface area contributed by atoms with E-state index in [4.69, 9.17) is 4.74 Å². The van der Waals surface area contributed by atoms with E-state index in [0.717, 1.165) is 49.6 Å². The molecule has 0 aliphatic heterocycles. The molecule has 0 bridgehead atoms. The molecule has 37 heavy (non-hydrogen) atoms. The number of halogens is 4. The zero-order valence-electron chi connectivity index (χ0n) is 20.7. The van der Waals surface area contributed by atoms with Gasteiger partial charge in [-0.15, -0.1) is 0 Å². The molecule has 2 aromatic rings. The van der Waals surface area contributed by atoms with Crippen LogP contribution in [0.1, 0.15) is 62.3 Å². The van der Waals surface area contributed by atoms with Gasteiger partial charge in [0.05, 0.1) is 24.1 Å². The minimum atomic E-state index is -4.66. The average Bonchev–Trinajstić information content (AvgIpc) is 2.81. The molecule has 1 saturated carbocycles. The summed E-state index contributed by atoms with van der Waals surface area (Å²) in [4.78, 5) is 16.3. The molecule has 1 aliphatic carbocycles. The van der Waals surface area contributed by atoms with Gasteiger partial charge >= 0.3 is 6.18 Å². The van der Waals surface area contributed by atoms with Gasteiger partial charge in [0.1, 0.15) is 11.5 Å². The number of carbonyl (C=O) groups is 1. The number of anilines is 1. The second-order valence-electron chi connectivity index (χ2n) is 9.29. The number of nitrogens with one attached hydrogen (secondary N) is 2. The number of pyridine rings is 1. The van der Waals surface area contributed by atoms with E-state index in [2.05, 4.69) is 17.2 Å². The van der Waals surface area contributed by atoms with Gasteiger partial charge in [-0.25, -0.2) is 17.8 Å². The number of allylic oxidation sites excluding steroid dienone is 1. The fraction of sp³-hybridized carbons (Fsp3) is 0.440. The number of alkyl halides is 3. The lowest BCUT2D eigenvalue weighted by molar-refractivity contribution is -0.141. The molecule has 1 atom stereocenters. The van der Waals surface area contributed by atoms with Crippen LogP contribution in [0.5, 0.6) is 5.88 Å². The lowest BCUT2D eigenvalue weighted by Crippen LogP contribution is -2.28. The third kappa shape index (κ3) is 8.17. The van der Waals surface area contributed by atoms with Crippen molar-refractivity contribution in [2.75, 3.05) is 11.0 Å². The molecule has 1 aromatic heterocycles. The van der Waals surface area contributed by atoms with Gasteiger partial charge in [0.15, 0.2) is 0 Å². The Morgan fingerprint density at radius 2 is 1.89 bits per heavy atom. The van der Waals surface area contributed by atoms with Crippen molar-refractivity contribution < 1.29 is 35.5 Å². The molecule has 1 aliphatic rings. The highest BCUT2D eigenvalue weighted by Gasteiger charge is 2.33. The van der Waals surface area contributed by atoms with Crippen molar-refractivity contribution >= 4 is 21.6 Å². The van der Waals surface area contributed by atoms with E-state index < -0.39 is 39.5 Å². The van der Waals surface area contributed by atoms with Crippen LogP contribution < -0.4 is 14.8 Å². The van der Waals surface area contributed by atoms with Gasteiger partial charge in [0.25, 0.3) is 0 Å². The van der Waals surface area contributed by atoms with Crippen LogP contribution in [-0.4, -0.2) is 25.6 Å². The Hall–Kier alpha value is -3.15. The Morgan fingerprint density at radius 1 is 1.22 bits per heavy atom. The maximum Gasteiger partial charge on any atom is 0.433 e. The number of sulfonamides is 1. The van der Waals surface area contributed by atoms with Crippen molar-refractivity contribution in [3.63, 3.8) is 0 Å². The third-order valence-electron chi connectivity index (χ3n) is 6.12. The largest absolute Gasteiger partial charge is 0.446 e. The predicted molar refractivity (Wildman–Crippen MR) is 131 cm³/mol. The van der Waals surface area contributed by atoms with Crippen molar-refractivity contribution in [1.82, 2.24) is 10.3 Å². The molecular weight excluding hydrogens is 514 g/mol. The molecule has 3 rings (SSSR count). The number of benzene rings is 1. The van der Waals surface area contributed by atoms with Crippen LogP contribution in [0.25, 0.3) is 0 Å². The number of carbonyl (C=O) groups excluding carboxylic acids is 1. The van der Waals surface area contributed by atoms with Crippen LogP contribution in [0, 0.1) is 11.7 Å². The number of hydrogen-bond donors (Lipinski definition) is 2. The maximum atomic E-state index is 14.3. The lowest BCUT2D eigenvalue weighted by Gasteiger charge is -2.20. The number of rotatable bonds is 8. The Balaban J connectivity index is 1.73. The van der Waals surface area contributed by atoms with Crippen LogP contribution in [0.3, 0.4) is 0 Å². The number of amides is 1. The number of ether oxygens (including phenoxy) is 1. The van der Waals surface area contributed by atoms with E-state index in [1.54, 1.807) is 0 Å². The van der Waals surface area contributed by atoms with Gasteiger partial charge in [-0.2, -0.15) is 13.2 Å². The summed E-state index contributed by atoms with van der Waals surface area (Å²) in [6.45, 7) is 3.49. The second-order valence-corrected chi connectivity index (χ2v) is 11.0. The van der Waals surface area contributed by atoms with Crippen LogP contribution in [0.4, 0.5) is 23.2 Å². The summed E-state index contributed by atoms with van der Waals surface area (Å²) in [7, 11) is -3.68. The number of hydrogen-bond acceptors (Lipinski definition) is 5. The highest BCUT2D eigenvalue weighted by atomic mass is 32.2. The highest BCUT2D eigenvalue weighted by Crippen LogP contribution is 2.32. The number of nitrogens with zero attached hydrogens (tertiary/aromatic N) is 1. The van der Waals surface area contributed by atoms with Crippen LogP contribution >= 0.6 is 0 Å². The minimum absolute atomic E-state index is 0.167. The Labute approximate surface area is 213 Å². The van der Waals surface area contributed by atoms with E-state index in [1.165, 1.54) is 31.4 Å². The zero-order chi connectivity index (χ0) is 27.4. The van der Waals surface area contributed by atoms with E-state index in [-0.39, 0.29) is 29.2 Å². The third-order valence-corrected chi connectivity index (χ3v) is 6.71. The smallest absolute Gasteiger partial charge is 0.433 e. The molecule has 1 aromatic carbocycles. The summed E-state index contributed by atoms with van der Waals surface area (Å²) < 4.78 is 84.3. The molecule has 1 unspecified atom stereocenters. The minimum Gasteiger partial charge on any atom is -0.446 e. The van der Waals surface area contributed by atoms with Gasteiger partial charge in [0, 0.05) is 12.1 Å². The number of aromatic nitrogens is 1. The van der Waals surface area contributed by atoms with Crippen molar-refractivity contribution in [2.45, 2.75) is 58.2 Å². The SMILES string of the molecule is CC1CCC(=COc2nc(C(F)(F)F)ccc2CNC(=O)C(C)c2ccc(NS(C)(=O)=O)c(F)c2)CC1. The summed E-state index contributed by atoms with van der Waals surface area (Å²) >= 11 is 0. The molecule has 0 saturated heterocycles. The average molecular weight is 544 g/mol. The van der Waals surface area contributed by atoms with Crippen molar-refractivity contribution in [3.05, 3.63) is 64.8 Å². The summed E-state index contributed by atoms with van der Waals surface area (Å²) in [5.41, 5.74) is 0.149. The monoisotopic (exact) mass is 543 g/mol. The Morgan fingerprint density at radius 3 is 2.49 bits per heavy atom. The van der Waals surface area contributed by atoms with Crippen LogP contribution in [0.2, 0.25) is 0 Å². The first-order chi connectivity index (χ1) is 17.2. The maximum absolute atomic E-state index is 14.3. The highest BCUT2D eigenvalue weighted by molar-refractivity contribution is 7.92. The van der Waals surface area contributed by atoms with E-state index in [9.17, 15) is 30.8 Å². The summed E-state index contributed by atoms with van der Waals surface area (Å²) in [5, 5.41) is 2.62. The first-order valence-corrected chi connectivity index (χ1v) is 13.6. The molecule has 0 spiro atoms. The molecule has 2 N–H and O–H groups in total. The predicted octanol–water partition coefficient (Wildman–Crippen LogP) is 5.50.